The summed E-state index contributed by atoms with van der Waals surface area (Å²) < 4.78 is 34.5. The first-order valence-corrected chi connectivity index (χ1v) is 12.3. The molecule has 31 heavy (non-hydrogen) atoms. The molecule has 0 saturated heterocycles. The van der Waals surface area contributed by atoms with Crippen molar-refractivity contribution in [2.24, 2.45) is 5.92 Å². The molecule has 0 saturated carbocycles. The van der Waals surface area contributed by atoms with Gasteiger partial charge in [0.05, 0.1) is 29.7 Å². The Morgan fingerprint density at radius 2 is 1.74 bits per heavy atom. The van der Waals surface area contributed by atoms with Gasteiger partial charge in [0.1, 0.15) is 0 Å². The third-order valence-electron chi connectivity index (χ3n) is 5.11. The van der Waals surface area contributed by atoms with Gasteiger partial charge in [0.2, 0.25) is 0 Å². The van der Waals surface area contributed by atoms with Gasteiger partial charge < -0.3 is 14.4 Å². The minimum absolute atomic E-state index is 0.238. The number of benzene rings is 2. The SMILES string of the molecule is COc1cc(C(=O)N(C)C(C)c2ccc(S(C)(=O)=O)cc2)cc(Cl)c1OCCC(C)C. The lowest BCUT2D eigenvalue weighted by Gasteiger charge is -2.26. The molecule has 6 nitrogen and oxygen atoms in total. The normalized spacial score (nSPS) is 12.5. The molecule has 2 aromatic rings. The Morgan fingerprint density at radius 3 is 2.26 bits per heavy atom. The van der Waals surface area contributed by atoms with Gasteiger partial charge >= 0.3 is 0 Å². The Balaban J connectivity index is 2.23. The first-order chi connectivity index (χ1) is 14.5. The molecule has 0 radical (unpaired) electrons. The van der Waals surface area contributed by atoms with Crippen molar-refractivity contribution in [2.75, 3.05) is 27.0 Å². The van der Waals surface area contributed by atoms with Crippen LogP contribution in [-0.4, -0.2) is 46.2 Å². The summed E-state index contributed by atoms with van der Waals surface area (Å²) >= 11 is 6.40. The molecule has 0 N–H and O–H groups in total. The predicted octanol–water partition coefficient (Wildman–Crippen LogP) is 5.01. The van der Waals surface area contributed by atoms with Crippen LogP contribution in [0.2, 0.25) is 5.02 Å². The molecular weight excluding hydrogens is 438 g/mol. The lowest BCUT2D eigenvalue weighted by molar-refractivity contribution is 0.0742. The minimum Gasteiger partial charge on any atom is -0.493 e. The fourth-order valence-corrected chi connectivity index (χ4v) is 3.87. The van der Waals surface area contributed by atoms with E-state index in [4.69, 9.17) is 21.1 Å². The van der Waals surface area contributed by atoms with Crippen molar-refractivity contribution >= 4 is 27.3 Å². The topological polar surface area (TPSA) is 72.9 Å². The number of carbonyl (C=O) groups is 1. The Morgan fingerprint density at radius 1 is 1.13 bits per heavy atom. The quantitative estimate of drug-likeness (QED) is 0.518. The number of ether oxygens (including phenoxy) is 2. The number of hydrogen-bond acceptors (Lipinski definition) is 5. The van der Waals surface area contributed by atoms with Crippen molar-refractivity contribution in [3.8, 4) is 11.5 Å². The van der Waals surface area contributed by atoms with Crippen molar-refractivity contribution in [2.45, 2.75) is 38.1 Å². The summed E-state index contributed by atoms with van der Waals surface area (Å²) in [6.07, 6.45) is 2.03. The molecule has 0 bridgehead atoms. The summed E-state index contributed by atoms with van der Waals surface area (Å²) in [7, 11) is -0.0838. The molecule has 1 unspecified atom stereocenters. The number of nitrogens with zero attached hydrogens (tertiary/aromatic N) is 1. The summed E-state index contributed by atoms with van der Waals surface area (Å²) in [5, 5.41) is 0.310. The number of sulfone groups is 1. The van der Waals surface area contributed by atoms with Crippen LogP contribution in [0.1, 0.15) is 49.2 Å². The highest BCUT2D eigenvalue weighted by molar-refractivity contribution is 7.90. The second-order valence-corrected chi connectivity index (χ2v) is 10.4. The Bertz CT molecular complexity index is 1020. The fourth-order valence-electron chi connectivity index (χ4n) is 2.98. The summed E-state index contributed by atoms with van der Waals surface area (Å²) in [5.41, 5.74) is 1.19. The van der Waals surface area contributed by atoms with Crippen molar-refractivity contribution in [1.29, 1.82) is 0 Å². The van der Waals surface area contributed by atoms with Crippen molar-refractivity contribution in [1.82, 2.24) is 4.90 Å². The van der Waals surface area contributed by atoms with E-state index in [0.717, 1.165) is 18.2 Å². The van der Waals surface area contributed by atoms with E-state index in [-0.39, 0.29) is 16.8 Å². The standard InChI is InChI=1S/C23H30ClNO5S/c1-15(2)11-12-30-22-20(24)13-18(14-21(22)29-5)23(26)25(4)16(3)17-7-9-19(10-8-17)31(6,27)28/h7-10,13-16H,11-12H2,1-6H3. The number of carbonyl (C=O) groups excluding carboxylic acids is 1. The van der Waals surface area contributed by atoms with E-state index in [1.807, 2.05) is 6.92 Å². The van der Waals surface area contributed by atoms with Gasteiger partial charge in [0.25, 0.3) is 5.91 Å². The summed E-state index contributed by atoms with van der Waals surface area (Å²) in [4.78, 5) is 14.9. The molecule has 2 rings (SSSR count). The van der Waals surface area contributed by atoms with E-state index < -0.39 is 9.84 Å². The van der Waals surface area contributed by atoms with Crippen LogP contribution in [0.3, 0.4) is 0 Å². The zero-order valence-electron chi connectivity index (χ0n) is 18.8. The van der Waals surface area contributed by atoms with Crippen LogP contribution in [0.25, 0.3) is 0 Å². The Hall–Kier alpha value is -2.25. The molecule has 2 aromatic carbocycles. The van der Waals surface area contributed by atoms with E-state index in [2.05, 4.69) is 13.8 Å². The van der Waals surface area contributed by atoms with Gasteiger partial charge in [-0.3, -0.25) is 4.79 Å². The highest BCUT2D eigenvalue weighted by Crippen LogP contribution is 2.37. The van der Waals surface area contributed by atoms with Crippen LogP contribution in [0.15, 0.2) is 41.3 Å². The van der Waals surface area contributed by atoms with Gasteiger partial charge in [-0.2, -0.15) is 0 Å². The van der Waals surface area contributed by atoms with E-state index >= 15 is 0 Å². The maximum absolute atomic E-state index is 13.1. The first-order valence-electron chi connectivity index (χ1n) is 10.0. The molecular formula is C23H30ClNO5S. The highest BCUT2D eigenvalue weighted by atomic mass is 35.5. The smallest absolute Gasteiger partial charge is 0.254 e. The molecule has 0 aliphatic carbocycles. The molecule has 1 atom stereocenters. The average molecular weight is 468 g/mol. The molecule has 8 heteroatoms. The van der Waals surface area contributed by atoms with E-state index in [1.165, 1.54) is 7.11 Å². The third kappa shape index (κ3) is 6.37. The number of hydrogen-bond donors (Lipinski definition) is 0. The van der Waals surface area contributed by atoms with E-state index in [1.54, 1.807) is 48.3 Å². The lowest BCUT2D eigenvalue weighted by atomic mass is 10.1. The number of methoxy groups -OCH3 is 1. The fraction of sp³-hybridized carbons (Fsp3) is 0.435. The second kappa shape index (κ2) is 10.4. The monoisotopic (exact) mass is 467 g/mol. The van der Waals surface area contributed by atoms with Gasteiger partial charge in [0.15, 0.2) is 21.3 Å². The number of amides is 1. The zero-order valence-corrected chi connectivity index (χ0v) is 20.4. The van der Waals surface area contributed by atoms with Gasteiger partial charge in [-0.1, -0.05) is 37.6 Å². The molecule has 170 valence electrons. The third-order valence-corrected chi connectivity index (χ3v) is 6.52. The molecule has 0 aliphatic rings. The minimum atomic E-state index is -3.27. The van der Waals surface area contributed by atoms with Gasteiger partial charge in [0, 0.05) is 18.9 Å². The zero-order chi connectivity index (χ0) is 23.3. The second-order valence-electron chi connectivity index (χ2n) is 7.95. The maximum Gasteiger partial charge on any atom is 0.254 e. The maximum atomic E-state index is 13.1. The van der Waals surface area contributed by atoms with E-state index in [9.17, 15) is 13.2 Å². The summed E-state index contributed by atoms with van der Waals surface area (Å²) in [5.74, 6) is 1.08. The van der Waals surface area contributed by atoms with Crippen LogP contribution in [0.5, 0.6) is 11.5 Å². The molecule has 0 heterocycles. The number of halogens is 1. The van der Waals surface area contributed by atoms with Crippen molar-refractivity contribution in [3.05, 3.63) is 52.5 Å². The first kappa shape index (κ1) is 25.0. The molecule has 0 spiro atoms. The van der Waals surface area contributed by atoms with Crippen LogP contribution in [0, 0.1) is 5.92 Å². The molecule has 0 aromatic heterocycles. The van der Waals surface area contributed by atoms with E-state index in [0.29, 0.717) is 34.6 Å². The largest absolute Gasteiger partial charge is 0.493 e. The van der Waals surface area contributed by atoms with Crippen LogP contribution >= 0.6 is 11.6 Å². The molecule has 1 amide bonds. The Kier molecular flexibility index (Phi) is 8.37. The van der Waals surface area contributed by atoms with Crippen molar-refractivity contribution in [3.63, 3.8) is 0 Å². The lowest BCUT2D eigenvalue weighted by Crippen LogP contribution is -2.29. The van der Waals surface area contributed by atoms with Gasteiger partial charge in [-0.05, 0) is 49.1 Å². The highest BCUT2D eigenvalue weighted by Gasteiger charge is 2.22. The van der Waals surface area contributed by atoms with Crippen LogP contribution < -0.4 is 9.47 Å². The predicted molar refractivity (Wildman–Crippen MR) is 123 cm³/mol. The summed E-state index contributed by atoms with van der Waals surface area (Å²) in [6, 6.07) is 9.43. The van der Waals surface area contributed by atoms with Gasteiger partial charge in [-0.15, -0.1) is 0 Å². The van der Waals surface area contributed by atoms with Crippen LogP contribution in [0.4, 0.5) is 0 Å². The summed E-state index contributed by atoms with van der Waals surface area (Å²) in [6.45, 7) is 6.59. The van der Waals surface area contributed by atoms with Crippen molar-refractivity contribution < 1.29 is 22.7 Å². The molecule has 0 fully saturated rings. The average Bonchev–Trinajstić information content (AvgIpc) is 2.72. The Labute approximate surface area is 190 Å². The van der Waals surface area contributed by atoms with Crippen LogP contribution in [-0.2, 0) is 9.84 Å². The van der Waals surface area contributed by atoms with Gasteiger partial charge in [-0.25, -0.2) is 8.42 Å². The number of rotatable bonds is 9. The molecule has 0 aliphatic heterocycles.